The molecule has 1 rings (SSSR count). The number of nitrogens with zero attached hydrogens (tertiary/aromatic N) is 1. The van der Waals surface area contributed by atoms with E-state index in [0.29, 0.717) is 17.1 Å². The molecular formula is C11H15ClN2O. The van der Waals surface area contributed by atoms with Gasteiger partial charge in [0.15, 0.2) is 5.78 Å². The lowest BCUT2D eigenvalue weighted by Gasteiger charge is -2.14. The topological polar surface area (TPSA) is 32.3 Å². The molecule has 0 amide bonds. The maximum absolute atomic E-state index is 11.5. The molecule has 15 heavy (non-hydrogen) atoms. The summed E-state index contributed by atoms with van der Waals surface area (Å²) in [5.74, 6) is 0.0460. The molecule has 4 heteroatoms. The van der Waals surface area contributed by atoms with Crippen LogP contribution in [0.3, 0.4) is 0 Å². The first-order valence-electron chi connectivity index (χ1n) is 4.71. The van der Waals surface area contributed by atoms with Crippen LogP contribution in [-0.4, -0.2) is 33.5 Å². The third kappa shape index (κ3) is 2.94. The molecule has 0 aliphatic rings. The van der Waals surface area contributed by atoms with Gasteiger partial charge in [-0.05, 0) is 25.2 Å². The van der Waals surface area contributed by atoms with Crippen molar-refractivity contribution < 1.29 is 4.79 Å². The Kier molecular flexibility index (Phi) is 4.12. The van der Waals surface area contributed by atoms with Crippen LogP contribution in [0, 0.1) is 0 Å². The first-order valence-corrected chi connectivity index (χ1v) is 5.08. The smallest absolute Gasteiger partial charge is 0.176 e. The molecular weight excluding hydrogens is 212 g/mol. The minimum Gasteiger partial charge on any atom is -0.376 e. The number of ketones is 1. The molecule has 0 saturated heterocycles. The number of Topliss-reactive ketones (excluding diaryl/α,β-unsaturated/α-hetero) is 1. The van der Waals surface area contributed by atoms with Gasteiger partial charge in [0, 0.05) is 19.7 Å². The molecule has 0 radical (unpaired) electrons. The predicted octanol–water partition coefficient (Wildman–Crippen LogP) is 1.81. The van der Waals surface area contributed by atoms with Gasteiger partial charge >= 0.3 is 0 Å². The molecule has 82 valence electrons. The van der Waals surface area contributed by atoms with Crippen molar-refractivity contribution in [2.75, 3.05) is 32.6 Å². The maximum atomic E-state index is 11.5. The number of likely N-dealkylation sites (N-methyl/N-ethyl adjacent to an activating group) is 1. The van der Waals surface area contributed by atoms with Gasteiger partial charge in [-0.1, -0.05) is 11.6 Å². The second kappa shape index (κ2) is 5.14. The lowest BCUT2D eigenvalue weighted by Crippen LogP contribution is -2.18. The summed E-state index contributed by atoms with van der Waals surface area (Å²) in [6, 6.07) is 5.35. The molecule has 1 aromatic carbocycles. The van der Waals surface area contributed by atoms with Crippen LogP contribution in [0.2, 0.25) is 5.02 Å². The molecule has 0 heterocycles. The molecule has 0 aliphatic carbocycles. The number of carbonyl (C=O) groups is 1. The molecule has 0 aromatic heterocycles. The van der Waals surface area contributed by atoms with E-state index >= 15 is 0 Å². The quantitative estimate of drug-likeness (QED) is 0.795. The molecule has 1 aromatic rings. The lowest BCUT2D eigenvalue weighted by atomic mass is 10.1. The largest absolute Gasteiger partial charge is 0.376 e. The Morgan fingerprint density at radius 2 is 2.13 bits per heavy atom. The Hall–Kier alpha value is -1.06. The first-order chi connectivity index (χ1) is 7.06. The fourth-order valence-corrected chi connectivity index (χ4v) is 1.66. The zero-order valence-corrected chi connectivity index (χ0v) is 9.93. The summed E-state index contributed by atoms with van der Waals surface area (Å²) in [7, 11) is 5.57. The molecule has 0 spiro atoms. The Morgan fingerprint density at radius 1 is 1.47 bits per heavy atom. The van der Waals surface area contributed by atoms with Gasteiger partial charge in [-0.3, -0.25) is 4.79 Å². The third-order valence-electron chi connectivity index (χ3n) is 2.09. The average molecular weight is 227 g/mol. The van der Waals surface area contributed by atoms with E-state index in [4.69, 9.17) is 11.6 Å². The van der Waals surface area contributed by atoms with E-state index in [9.17, 15) is 4.79 Å². The summed E-state index contributed by atoms with van der Waals surface area (Å²) in [6.45, 7) is 0.331. The normalized spacial score (nSPS) is 10.1. The molecule has 1 N–H and O–H groups in total. The van der Waals surface area contributed by atoms with Crippen LogP contribution in [0.1, 0.15) is 10.4 Å². The van der Waals surface area contributed by atoms with Crippen LogP contribution in [-0.2, 0) is 0 Å². The molecule has 0 fully saturated rings. The second-order valence-corrected chi connectivity index (χ2v) is 3.92. The summed E-state index contributed by atoms with van der Waals surface area (Å²) < 4.78 is 0. The van der Waals surface area contributed by atoms with Crippen molar-refractivity contribution in [1.29, 1.82) is 0 Å². The number of anilines is 1. The summed E-state index contributed by atoms with van der Waals surface area (Å²) >= 11 is 6.05. The van der Waals surface area contributed by atoms with E-state index in [1.54, 1.807) is 19.2 Å². The van der Waals surface area contributed by atoms with Gasteiger partial charge in [0.05, 0.1) is 17.3 Å². The summed E-state index contributed by atoms with van der Waals surface area (Å²) in [5, 5.41) is 3.42. The number of halogens is 1. The number of benzene rings is 1. The number of nitrogens with one attached hydrogen (secondary N) is 1. The van der Waals surface area contributed by atoms with Crippen LogP contribution < -0.4 is 10.2 Å². The minimum absolute atomic E-state index is 0.0460. The van der Waals surface area contributed by atoms with E-state index < -0.39 is 0 Å². The summed E-state index contributed by atoms with van der Waals surface area (Å²) in [4.78, 5) is 13.5. The highest BCUT2D eigenvalue weighted by molar-refractivity contribution is 6.33. The van der Waals surface area contributed by atoms with Gasteiger partial charge in [-0.2, -0.15) is 0 Å². The van der Waals surface area contributed by atoms with Gasteiger partial charge in [0.2, 0.25) is 0 Å². The second-order valence-electron chi connectivity index (χ2n) is 3.51. The van der Waals surface area contributed by atoms with Gasteiger partial charge in [-0.15, -0.1) is 0 Å². The summed E-state index contributed by atoms with van der Waals surface area (Å²) in [5.41, 5.74) is 1.55. The molecule has 0 bridgehead atoms. The van der Waals surface area contributed by atoms with Crippen molar-refractivity contribution >= 4 is 23.1 Å². The fraction of sp³-hybridized carbons (Fsp3) is 0.364. The van der Waals surface area contributed by atoms with Crippen molar-refractivity contribution in [3.63, 3.8) is 0 Å². The fourth-order valence-electron chi connectivity index (χ4n) is 1.31. The van der Waals surface area contributed by atoms with E-state index in [2.05, 4.69) is 5.32 Å². The molecule has 0 atom stereocenters. The zero-order valence-electron chi connectivity index (χ0n) is 9.17. The lowest BCUT2D eigenvalue weighted by molar-refractivity contribution is 0.0993. The van der Waals surface area contributed by atoms with Crippen LogP contribution in [0.15, 0.2) is 18.2 Å². The van der Waals surface area contributed by atoms with Gasteiger partial charge in [-0.25, -0.2) is 0 Å². The first kappa shape index (κ1) is 12.0. The van der Waals surface area contributed by atoms with Crippen molar-refractivity contribution in [3.8, 4) is 0 Å². The maximum Gasteiger partial charge on any atom is 0.176 e. The minimum atomic E-state index is 0.0460. The van der Waals surface area contributed by atoms with Crippen LogP contribution in [0.4, 0.5) is 5.69 Å². The van der Waals surface area contributed by atoms with E-state index in [0.717, 1.165) is 5.69 Å². The molecule has 3 nitrogen and oxygen atoms in total. The standard InChI is InChI=1S/C11H15ClN2O/c1-13-7-11(15)8-4-5-10(14(2)3)9(12)6-8/h4-6,13H,7H2,1-3H3. The van der Waals surface area contributed by atoms with Crippen LogP contribution in [0.5, 0.6) is 0 Å². The Balaban J connectivity index is 2.96. The van der Waals surface area contributed by atoms with E-state index in [1.165, 1.54) is 0 Å². The number of hydrogen-bond acceptors (Lipinski definition) is 3. The van der Waals surface area contributed by atoms with Crippen LogP contribution >= 0.6 is 11.6 Å². The third-order valence-corrected chi connectivity index (χ3v) is 2.39. The zero-order chi connectivity index (χ0) is 11.4. The number of rotatable bonds is 4. The van der Waals surface area contributed by atoms with Crippen molar-refractivity contribution in [2.24, 2.45) is 0 Å². The van der Waals surface area contributed by atoms with Gasteiger partial charge in [0.25, 0.3) is 0 Å². The average Bonchev–Trinajstić information content (AvgIpc) is 2.17. The monoisotopic (exact) mass is 226 g/mol. The Bertz CT molecular complexity index is 364. The van der Waals surface area contributed by atoms with Crippen molar-refractivity contribution in [1.82, 2.24) is 5.32 Å². The highest BCUT2D eigenvalue weighted by Gasteiger charge is 2.08. The van der Waals surface area contributed by atoms with E-state index in [1.807, 2.05) is 25.1 Å². The van der Waals surface area contributed by atoms with E-state index in [-0.39, 0.29) is 5.78 Å². The van der Waals surface area contributed by atoms with Crippen molar-refractivity contribution in [2.45, 2.75) is 0 Å². The number of carbonyl (C=O) groups excluding carboxylic acids is 1. The molecule has 0 unspecified atom stereocenters. The highest BCUT2D eigenvalue weighted by Crippen LogP contribution is 2.25. The van der Waals surface area contributed by atoms with Gasteiger partial charge < -0.3 is 10.2 Å². The Morgan fingerprint density at radius 3 is 2.60 bits per heavy atom. The summed E-state index contributed by atoms with van der Waals surface area (Å²) in [6.07, 6.45) is 0. The SMILES string of the molecule is CNCC(=O)c1ccc(N(C)C)c(Cl)c1. The molecule has 0 saturated carbocycles. The van der Waals surface area contributed by atoms with Gasteiger partial charge in [0.1, 0.15) is 0 Å². The predicted molar refractivity (Wildman–Crippen MR) is 64.0 cm³/mol. The Labute approximate surface area is 95.0 Å². The van der Waals surface area contributed by atoms with Crippen molar-refractivity contribution in [3.05, 3.63) is 28.8 Å². The number of hydrogen-bond donors (Lipinski definition) is 1. The molecule has 0 aliphatic heterocycles. The highest BCUT2D eigenvalue weighted by atomic mass is 35.5. The van der Waals surface area contributed by atoms with Crippen LogP contribution in [0.25, 0.3) is 0 Å².